The first-order chi connectivity index (χ1) is 5.38. The highest BCUT2D eigenvalue weighted by atomic mass is 16.4. The molecule has 3 heteroatoms. The molecule has 3 nitrogen and oxygen atoms in total. The van der Waals surface area contributed by atoms with E-state index in [1.807, 2.05) is 18.2 Å². The van der Waals surface area contributed by atoms with E-state index < -0.39 is 0 Å². The number of aliphatic hydroxyl groups excluding tert-OH is 1. The van der Waals surface area contributed by atoms with Crippen molar-refractivity contribution in [3.8, 4) is 0 Å². The van der Waals surface area contributed by atoms with Gasteiger partial charge in [0.05, 0.1) is 6.61 Å². The van der Waals surface area contributed by atoms with Gasteiger partial charge in [-0.3, -0.25) is 0 Å². The minimum absolute atomic E-state index is 0.249. The van der Waals surface area contributed by atoms with Gasteiger partial charge in [-0.1, -0.05) is 35.5 Å². The van der Waals surface area contributed by atoms with Gasteiger partial charge in [0.2, 0.25) is 0 Å². The van der Waals surface area contributed by atoms with Gasteiger partial charge in [0, 0.05) is 5.56 Å². The van der Waals surface area contributed by atoms with E-state index in [0.29, 0.717) is 0 Å². The van der Waals surface area contributed by atoms with Crippen LogP contribution >= 0.6 is 0 Å². The van der Waals surface area contributed by atoms with Gasteiger partial charge in [0.15, 0.2) is 0 Å². The molecular formula is C8H9NO2. The first kappa shape index (κ1) is 7.75. The number of benzene rings is 1. The highest BCUT2D eigenvalue weighted by Gasteiger charge is 1.99. The molecule has 1 aromatic carbocycles. The molecule has 0 fully saturated rings. The van der Waals surface area contributed by atoms with Crippen LogP contribution in [0.1, 0.15) is 5.56 Å². The predicted molar refractivity (Wildman–Crippen MR) is 41.9 cm³/mol. The molecule has 1 aromatic rings. The van der Waals surface area contributed by atoms with Crippen LogP contribution in [0, 0.1) is 0 Å². The Kier molecular flexibility index (Phi) is 2.63. The van der Waals surface area contributed by atoms with Crippen molar-refractivity contribution in [2.45, 2.75) is 0 Å². The maximum Gasteiger partial charge on any atom is 0.112 e. The highest BCUT2D eigenvalue weighted by molar-refractivity contribution is 6.00. The van der Waals surface area contributed by atoms with E-state index in [1.54, 1.807) is 12.1 Å². The smallest absolute Gasteiger partial charge is 0.112 e. The lowest BCUT2D eigenvalue weighted by atomic mass is 10.1. The van der Waals surface area contributed by atoms with Crippen molar-refractivity contribution < 1.29 is 10.3 Å². The fourth-order valence-corrected chi connectivity index (χ4v) is 0.811. The summed E-state index contributed by atoms with van der Waals surface area (Å²) in [4.78, 5) is 0. The lowest BCUT2D eigenvalue weighted by molar-refractivity contribution is 0.304. The third-order valence-electron chi connectivity index (χ3n) is 1.38. The van der Waals surface area contributed by atoms with Gasteiger partial charge in [-0.2, -0.15) is 0 Å². The Morgan fingerprint density at radius 1 is 1.27 bits per heavy atom. The lowest BCUT2D eigenvalue weighted by Gasteiger charge is -1.98. The third kappa shape index (κ3) is 1.78. The first-order valence-corrected chi connectivity index (χ1v) is 3.25. The zero-order valence-corrected chi connectivity index (χ0v) is 5.94. The molecule has 0 aliphatic carbocycles. The molecule has 0 bridgehead atoms. The van der Waals surface area contributed by atoms with Crippen LogP contribution in [0.15, 0.2) is 35.5 Å². The predicted octanol–water partition coefficient (Wildman–Crippen LogP) is 0.857. The summed E-state index contributed by atoms with van der Waals surface area (Å²) in [6.07, 6.45) is 0. The van der Waals surface area contributed by atoms with Gasteiger partial charge in [-0.25, -0.2) is 0 Å². The zero-order chi connectivity index (χ0) is 8.10. The molecule has 2 N–H and O–H groups in total. The number of aliphatic hydroxyl groups is 1. The van der Waals surface area contributed by atoms with Crippen molar-refractivity contribution in [3.63, 3.8) is 0 Å². The molecule has 11 heavy (non-hydrogen) atoms. The van der Waals surface area contributed by atoms with Crippen LogP contribution in [0.5, 0.6) is 0 Å². The number of hydrogen-bond acceptors (Lipinski definition) is 3. The standard InChI is InChI=1S/C8H9NO2/c10-6-8(9-11)7-4-2-1-3-5-7/h1-5,10-11H,6H2/b9-8+. The molecule has 0 saturated heterocycles. The van der Waals surface area contributed by atoms with Crippen LogP contribution in [0.25, 0.3) is 0 Å². The van der Waals surface area contributed by atoms with Crippen LogP contribution in [0.2, 0.25) is 0 Å². The maximum atomic E-state index is 8.69. The molecule has 58 valence electrons. The molecule has 0 aromatic heterocycles. The monoisotopic (exact) mass is 151 g/mol. The Labute approximate surface area is 64.6 Å². The van der Waals surface area contributed by atoms with Crippen molar-refractivity contribution in [2.24, 2.45) is 5.16 Å². The number of rotatable bonds is 2. The number of nitrogens with zero attached hydrogens (tertiary/aromatic N) is 1. The zero-order valence-electron chi connectivity index (χ0n) is 5.94. The molecule has 1 rings (SSSR count). The van der Waals surface area contributed by atoms with E-state index in [9.17, 15) is 0 Å². The second kappa shape index (κ2) is 3.73. The average Bonchev–Trinajstić information content (AvgIpc) is 2.09. The second-order valence-electron chi connectivity index (χ2n) is 2.07. The van der Waals surface area contributed by atoms with Gasteiger partial charge in [0.1, 0.15) is 5.71 Å². The van der Waals surface area contributed by atoms with Crippen LogP contribution in [0.3, 0.4) is 0 Å². The second-order valence-corrected chi connectivity index (χ2v) is 2.07. The van der Waals surface area contributed by atoms with E-state index in [4.69, 9.17) is 10.3 Å². The summed E-state index contributed by atoms with van der Waals surface area (Å²) in [6, 6.07) is 9.03. The average molecular weight is 151 g/mol. The summed E-state index contributed by atoms with van der Waals surface area (Å²) in [7, 11) is 0. The summed E-state index contributed by atoms with van der Waals surface area (Å²) in [5.74, 6) is 0. The number of hydrogen-bond donors (Lipinski definition) is 2. The molecule has 0 saturated carbocycles. The Morgan fingerprint density at radius 2 is 1.91 bits per heavy atom. The highest BCUT2D eigenvalue weighted by Crippen LogP contribution is 1.99. The third-order valence-corrected chi connectivity index (χ3v) is 1.38. The Hall–Kier alpha value is -1.35. The number of oxime groups is 1. The minimum atomic E-state index is -0.249. The van der Waals surface area contributed by atoms with Gasteiger partial charge in [0.25, 0.3) is 0 Å². The summed E-state index contributed by atoms with van der Waals surface area (Å²) in [6.45, 7) is -0.249. The van der Waals surface area contributed by atoms with Crippen molar-refractivity contribution in [3.05, 3.63) is 35.9 Å². The van der Waals surface area contributed by atoms with Crippen molar-refractivity contribution in [1.29, 1.82) is 0 Å². The summed E-state index contributed by atoms with van der Waals surface area (Å²) < 4.78 is 0. The normalized spacial score (nSPS) is 11.5. The van der Waals surface area contributed by atoms with Crippen molar-refractivity contribution in [1.82, 2.24) is 0 Å². The Balaban J connectivity index is 2.92. The van der Waals surface area contributed by atoms with Gasteiger partial charge < -0.3 is 10.3 Å². The fraction of sp³-hybridized carbons (Fsp3) is 0.125. The maximum absolute atomic E-state index is 8.69. The molecule has 0 radical (unpaired) electrons. The van der Waals surface area contributed by atoms with E-state index in [-0.39, 0.29) is 12.3 Å². The molecule has 0 aliphatic heterocycles. The first-order valence-electron chi connectivity index (χ1n) is 3.25. The van der Waals surface area contributed by atoms with E-state index >= 15 is 0 Å². The van der Waals surface area contributed by atoms with Crippen LogP contribution < -0.4 is 0 Å². The van der Waals surface area contributed by atoms with E-state index in [2.05, 4.69) is 5.16 Å². The molecular weight excluding hydrogens is 142 g/mol. The lowest BCUT2D eigenvalue weighted by Crippen LogP contribution is -2.05. The molecule has 0 amide bonds. The molecule has 0 unspecified atom stereocenters. The Bertz CT molecular complexity index is 244. The van der Waals surface area contributed by atoms with Crippen molar-refractivity contribution in [2.75, 3.05) is 6.61 Å². The SMILES string of the molecule is OC/C(=N\O)c1ccccc1. The fourth-order valence-electron chi connectivity index (χ4n) is 0.811. The largest absolute Gasteiger partial charge is 0.411 e. The molecule has 0 aliphatic rings. The van der Waals surface area contributed by atoms with Gasteiger partial charge in [-0.05, 0) is 0 Å². The summed E-state index contributed by atoms with van der Waals surface area (Å²) >= 11 is 0. The summed E-state index contributed by atoms with van der Waals surface area (Å²) in [5, 5.41) is 20.0. The van der Waals surface area contributed by atoms with Gasteiger partial charge >= 0.3 is 0 Å². The van der Waals surface area contributed by atoms with Crippen molar-refractivity contribution >= 4 is 5.71 Å². The molecule has 0 atom stereocenters. The Morgan fingerprint density at radius 3 is 2.36 bits per heavy atom. The minimum Gasteiger partial charge on any atom is -0.411 e. The molecule has 0 spiro atoms. The summed E-state index contributed by atoms with van der Waals surface area (Å²) in [5.41, 5.74) is 1.02. The topological polar surface area (TPSA) is 52.8 Å². The van der Waals surface area contributed by atoms with Gasteiger partial charge in [-0.15, -0.1) is 0 Å². The van der Waals surface area contributed by atoms with E-state index in [0.717, 1.165) is 5.56 Å². The van der Waals surface area contributed by atoms with Crippen LogP contribution in [-0.4, -0.2) is 22.6 Å². The van der Waals surface area contributed by atoms with Crippen LogP contribution in [-0.2, 0) is 0 Å². The van der Waals surface area contributed by atoms with Crippen LogP contribution in [0.4, 0.5) is 0 Å². The van der Waals surface area contributed by atoms with E-state index in [1.165, 1.54) is 0 Å². The molecule has 0 heterocycles. The quantitative estimate of drug-likeness (QED) is 0.374.